The van der Waals surface area contributed by atoms with Crippen LogP contribution in [0.3, 0.4) is 0 Å². The molecule has 2 atom stereocenters. The van der Waals surface area contributed by atoms with Gasteiger partial charge in [-0.2, -0.15) is 0 Å². The fraction of sp³-hybridized carbons (Fsp3) is 0.917. The van der Waals surface area contributed by atoms with Gasteiger partial charge >= 0.3 is 5.97 Å². The third kappa shape index (κ3) is 2.74. The maximum atomic E-state index is 11.4. The maximum Gasteiger partial charge on any atom is 0.311 e. The van der Waals surface area contributed by atoms with Gasteiger partial charge < -0.3 is 15.6 Å². The summed E-state index contributed by atoms with van der Waals surface area (Å²) in [6.45, 7) is 4.77. The lowest BCUT2D eigenvalue weighted by atomic mass is 9.72. The highest BCUT2D eigenvalue weighted by molar-refractivity contribution is 5.75. The number of hydrogen-bond donors (Lipinski definition) is 2. The summed E-state index contributed by atoms with van der Waals surface area (Å²) in [6, 6.07) is 0. The van der Waals surface area contributed by atoms with E-state index in [0.717, 1.165) is 25.9 Å². The van der Waals surface area contributed by atoms with Crippen LogP contribution in [0, 0.1) is 11.3 Å². The number of aliphatic carboxylic acids is 1. The zero-order valence-corrected chi connectivity index (χ0v) is 10.2. The van der Waals surface area contributed by atoms with Crippen molar-refractivity contribution in [3.8, 4) is 0 Å². The van der Waals surface area contributed by atoms with Crippen LogP contribution in [0.2, 0.25) is 0 Å². The van der Waals surface area contributed by atoms with Gasteiger partial charge in [0, 0.05) is 13.2 Å². The summed E-state index contributed by atoms with van der Waals surface area (Å²) in [7, 11) is 0. The van der Waals surface area contributed by atoms with Gasteiger partial charge in [0.2, 0.25) is 0 Å². The minimum absolute atomic E-state index is 0.0283. The molecule has 0 aromatic rings. The van der Waals surface area contributed by atoms with E-state index in [9.17, 15) is 9.90 Å². The Hall–Kier alpha value is -0.610. The number of nitrogens with two attached hydrogens (primary N) is 1. The van der Waals surface area contributed by atoms with Crippen molar-refractivity contribution in [2.45, 2.75) is 45.6 Å². The molecule has 0 amide bonds. The molecule has 0 aromatic carbocycles. The largest absolute Gasteiger partial charge is 0.481 e. The molecule has 94 valence electrons. The summed E-state index contributed by atoms with van der Waals surface area (Å²) in [6.07, 6.45) is 3.78. The van der Waals surface area contributed by atoms with Gasteiger partial charge in [-0.3, -0.25) is 4.79 Å². The first kappa shape index (κ1) is 13.5. The molecular weight excluding hydrogens is 206 g/mol. The minimum atomic E-state index is -0.831. The van der Waals surface area contributed by atoms with Crippen LogP contribution < -0.4 is 5.73 Å². The van der Waals surface area contributed by atoms with Crippen molar-refractivity contribution in [3.63, 3.8) is 0 Å². The topological polar surface area (TPSA) is 72.5 Å². The summed E-state index contributed by atoms with van der Waals surface area (Å²) in [5, 5.41) is 9.39. The van der Waals surface area contributed by atoms with E-state index in [4.69, 9.17) is 10.5 Å². The molecule has 2 unspecified atom stereocenters. The summed E-state index contributed by atoms with van der Waals surface area (Å²) in [5.74, 6) is -0.764. The van der Waals surface area contributed by atoms with Gasteiger partial charge in [0.05, 0.1) is 11.5 Å². The van der Waals surface area contributed by atoms with E-state index in [-0.39, 0.29) is 18.6 Å². The lowest BCUT2D eigenvalue weighted by Gasteiger charge is -2.36. The van der Waals surface area contributed by atoms with Crippen LogP contribution in [0.25, 0.3) is 0 Å². The predicted octanol–water partition coefficient (Wildman–Crippen LogP) is 1.63. The van der Waals surface area contributed by atoms with Crippen LogP contribution >= 0.6 is 0 Å². The molecule has 1 aliphatic rings. The molecule has 1 heterocycles. The Morgan fingerprint density at radius 2 is 2.25 bits per heavy atom. The molecular formula is C12H23NO3. The van der Waals surface area contributed by atoms with Crippen LogP contribution in [0.4, 0.5) is 0 Å². The van der Waals surface area contributed by atoms with Gasteiger partial charge in [-0.15, -0.1) is 0 Å². The van der Waals surface area contributed by atoms with Gasteiger partial charge in [0.15, 0.2) is 0 Å². The van der Waals surface area contributed by atoms with E-state index in [2.05, 4.69) is 0 Å². The molecule has 0 spiro atoms. The van der Waals surface area contributed by atoms with Crippen LogP contribution in [0.15, 0.2) is 0 Å². The second kappa shape index (κ2) is 5.64. The summed E-state index contributed by atoms with van der Waals surface area (Å²) < 4.78 is 5.62. The number of carbonyl (C=O) groups is 1. The molecule has 4 nitrogen and oxygen atoms in total. The first-order valence-corrected chi connectivity index (χ1v) is 6.08. The van der Waals surface area contributed by atoms with E-state index < -0.39 is 11.4 Å². The molecule has 1 saturated heterocycles. The van der Waals surface area contributed by atoms with Crippen molar-refractivity contribution >= 4 is 5.97 Å². The van der Waals surface area contributed by atoms with Crippen molar-refractivity contribution in [2.75, 3.05) is 13.2 Å². The van der Waals surface area contributed by atoms with Gasteiger partial charge in [0.25, 0.3) is 0 Å². The maximum absolute atomic E-state index is 11.4. The van der Waals surface area contributed by atoms with Crippen molar-refractivity contribution in [1.82, 2.24) is 0 Å². The number of carboxylic acid groups (broad SMARTS) is 1. The van der Waals surface area contributed by atoms with Crippen LogP contribution in [-0.4, -0.2) is 30.3 Å². The first-order valence-electron chi connectivity index (χ1n) is 6.08. The van der Waals surface area contributed by atoms with Gasteiger partial charge in [-0.25, -0.2) is 0 Å². The summed E-state index contributed by atoms with van der Waals surface area (Å²) >= 11 is 0. The second-order valence-electron chi connectivity index (χ2n) is 5.01. The lowest BCUT2D eigenvalue weighted by Crippen LogP contribution is -2.46. The van der Waals surface area contributed by atoms with Crippen molar-refractivity contribution in [1.29, 1.82) is 0 Å². The molecule has 1 rings (SSSR count). The molecule has 0 bridgehead atoms. The average Bonchev–Trinajstić information content (AvgIpc) is 2.26. The molecule has 16 heavy (non-hydrogen) atoms. The lowest BCUT2D eigenvalue weighted by molar-refractivity contribution is -0.155. The molecule has 0 saturated carbocycles. The van der Waals surface area contributed by atoms with Gasteiger partial charge in [0.1, 0.15) is 0 Å². The van der Waals surface area contributed by atoms with E-state index in [0.29, 0.717) is 6.42 Å². The Morgan fingerprint density at radius 3 is 2.62 bits per heavy atom. The zero-order valence-electron chi connectivity index (χ0n) is 10.2. The van der Waals surface area contributed by atoms with E-state index >= 15 is 0 Å². The predicted molar refractivity (Wildman–Crippen MR) is 62.2 cm³/mol. The number of hydrogen-bond acceptors (Lipinski definition) is 3. The zero-order chi connectivity index (χ0) is 12.2. The number of rotatable bonds is 5. The minimum Gasteiger partial charge on any atom is -0.481 e. The van der Waals surface area contributed by atoms with Crippen LogP contribution in [0.1, 0.15) is 39.5 Å². The third-order valence-corrected chi connectivity index (χ3v) is 3.76. The van der Waals surface area contributed by atoms with Gasteiger partial charge in [-0.05, 0) is 31.6 Å². The van der Waals surface area contributed by atoms with E-state index in [1.54, 1.807) is 0 Å². The van der Waals surface area contributed by atoms with Crippen molar-refractivity contribution in [3.05, 3.63) is 0 Å². The summed E-state index contributed by atoms with van der Waals surface area (Å²) in [5.41, 5.74) is 4.86. The van der Waals surface area contributed by atoms with Crippen molar-refractivity contribution in [2.24, 2.45) is 17.1 Å². The number of ether oxygens (including phenoxy) is 1. The Morgan fingerprint density at radius 1 is 1.56 bits per heavy atom. The SMILES string of the molecule is CC(C)C(CN)(CC1CCCCO1)C(=O)O. The average molecular weight is 229 g/mol. The molecule has 0 aromatic heterocycles. The van der Waals surface area contributed by atoms with Crippen molar-refractivity contribution < 1.29 is 14.6 Å². The summed E-state index contributed by atoms with van der Waals surface area (Å²) in [4.78, 5) is 11.4. The molecule has 0 radical (unpaired) electrons. The molecule has 1 aliphatic heterocycles. The Bertz CT molecular complexity index is 236. The molecule has 1 fully saturated rings. The molecule has 4 heteroatoms. The highest BCUT2D eigenvalue weighted by atomic mass is 16.5. The van der Waals surface area contributed by atoms with Crippen LogP contribution in [0.5, 0.6) is 0 Å². The Labute approximate surface area is 97.2 Å². The van der Waals surface area contributed by atoms with E-state index in [1.807, 2.05) is 13.8 Å². The second-order valence-corrected chi connectivity index (χ2v) is 5.01. The normalized spacial score (nSPS) is 25.4. The fourth-order valence-electron chi connectivity index (χ4n) is 2.35. The quantitative estimate of drug-likeness (QED) is 0.751. The first-order chi connectivity index (χ1) is 7.53. The van der Waals surface area contributed by atoms with E-state index in [1.165, 1.54) is 0 Å². The Balaban J connectivity index is 2.72. The fourth-order valence-corrected chi connectivity index (χ4v) is 2.35. The highest BCUT2D eigenvalue weighted by Crippen LogP contribution is 2.35. The number of carboxylic acids is 1. The molecule has 0 aliphatic carbocycles. The third-order valence-electron chi connectivity index (χ3n) is 3.76. The van der Waals surface area contributed by atoms with Crippen LogP contribution in [-0.2, 0) is 9.53 Å². The van der Waals surface area contributed by atoms with Gasteiger partial charge in [-0.1, -0.05) is 13.8 Å². The molecule has 3 N–H and O–H groups in total. The smallest absolute Gasteiger partial charge is 0.311 e. The highest BCUT2D eigenvalue weighted by Gasteiger charge is 2.42. The standard InChI is InChI=1S/C12H23NO3/c1-9(2)12(8-13,11(14)15)7-10-5-3-4-6-16-10/h9-10H,3-8,13H2,1-2H3,(H,14,15). The Kier molecular flexibility index (Phi) is 4.74. The monoisotopic (exact) mass is 229 g/mol.